The molecule has 2 aliphatic rings. The molecule has 0 amide bonds. The second kappa shape index (κ2) is 15.6. The Labute approximate surface area is 236 Å². The molecule has 1 fully saturated rings. The molecule has 0 aromatic heterocycles. The molecule has 0 saturated carbocycles. The van der Waals surface area contributed by atoms with Crippen LogP contribution in [0.25, 0.3) is 6.08 Å². The Bertz CT molecular complexity index is 1130. The van der Waals surface area contributed by atoms with E-state index in [1.165, 1.54) is 0 Å². The van der Waals surface area contributed by atoms with E-state index in [9.17, 15) is 14.7 Å². The Kier molecular flexibility index (Phi) is 11.6. The van der Waals surface area contributed by atoms with Crippen LogP contribution < -0.4 is 9.47 Å². The molecule has 8 nitrogen and oxygen atoms in total. The smallest absolute Gasteiger partial charge is 0.342 e. The molecular formula is C32H41NO7. The number of carbonyl (C=O) groups is 2. The average molecular weight is 552 g/mol. The molecule has 1 saturated heterocycles. The Balaban J connectivity index is 1.60. The van der Waals surface area contributed by atoms with E-state index in [0.717, 1.165) is 25.1 Å². The van der Waals surface area contributed by atoms with E-state index in [1.54, 1.807) is 6.07 Å². The zero-order valence-electron chi connectivity index (χ0n) is 23.4. The van der Waals surface area contributed by atoms with Gasteiger partial charge < -0.3 is 24.1 Å². The van der Waals surface area contributed by atoms with Crippen LogP contribution in [-0.2, 0) is 20.9 Å². The molecule has 4 rings (SSSR count). The van der Waals surface area contributed by atoms with Gasteiger partial charge in [0.1, 0.15) is 42.2 Å². The fourth-order valence-electron chi connectivity index (χ4n) is 4.86. The minimum absolute atomic E-state index is 0.0145. The topological polar surface area (TPSA) is 94.5 Å². The van der Waals surface area contributed by atoms with Crippen LogP contribution in [0.2, 0.25) is 0 Å². The molecule has 0 aliphatic carbocycles. The number of ether oxygens (including phenoxy) is 4. The van der Waals surface area contributed by atoms with Gasteiger partial charge in [0, 0.05) is 38.5 Å². The van der Waals surface area contributed by atoms with Crippen molar-refractivity contribution in [3.8, 4) is 11.5 Å². The summed E-state index contributed by atoms with van der Waals surface area (Å²) in [6.07, 6.45) is 6.52. The number of ketones is 1. The number of esters is 1. The maximum Gasteiger partial charge on any atom is 0.342 e. The summed E-state index contributed by atoms with van der Waals surface area (Å²) in [7, 11) is 0. The number of aliphatic hydroxyl groups excluding tert-OH is 1. The molecule has 0 spiro atoms. The number of morpholine rings is 1. The quantitative estimate of drug-likeness (QED) is 0.467. The number of aliphatic hydroxyl groups is 1. The summed E-state index contributed by atoms with van der Waals surface area (Å²) in [6.45, 7) is 5.47. The SMILES string of the molecule is C[C@@H]1CCCC(=O)CCCC=Cc2cc(OCc3ccccc3)cc(OC[C@@H](O)CN3CCOCC3)c2C(=O)O1. The lowest BCUT2D eigenvalue weighted by atomic mass is 10.0. The number of allylic oxidation sites excluding steroid dienone is 1. The Morgan fingerprint density at radius 2 is 1.82 bits per heavy atom. The molecule has 40 heavy (non-hydrogen) atoms. The van der Waals surface area contributed by atoms with Crippen molar-refractivity contribution in [3.05, 3.63) is 65.2 Å². The number of hydrogen-bond acceptors (Lipinski definition) is 8. The molecule has 2 aromatic rings. The van der Waals surface area contributed by atoms with Gasteiger partial charge in [-0.15, -0.1) is 0 Å². The summed E-state index contributed by atoms with van der Waals surface area (Å²) in [5.41, 5.74) is 1.94. The van der Waals surface area contributed by atoms with E-state index in [-0.39, 0.29) is 18.5 Å². The van der Waals surface area contributed by atoms with Gasteiger partial charge in [-0.25, -0.2) is 4.79 Å². The van der Waals surface area contributed by atoms with E-state index in [4.69, 9.17) is 18.9 Å². The number of fused-ring (bicyclic) bond motifs is 1. The predicted octanol–water partition coefficient (Wildman–Crippen LogP) is 4.82. The standard InChI is InChI=1S/C32H41NO7/c1-24-9-8-14-27(34)13-7-3-6-12-26-19-29(38-22-25-10-4-2-5-11-25)20-30(31(26)32(36)40-24)39-23-28(35)21-33-15-17-37-18-16-33/h2,4-6,10-12,19-20,24,28,35H,3,7-9,13-18,21-23H2,1H3/t24-,28+/m1/s1. The highest BCUT2D eigenvalue weighted by Gasteiger charge is 2.24. The summed E-state index contributed by atoms with van der Waals surface area (Å²) in [6, 6.07) is 13.3. The van der Waals surface area contributed by atoms with Crippen LogP contribution in [0.15, 0.2) is 48.5 Å². The Morgan fingerprint density at radius 1 is 1.05 bits per heavy atom. The van der Waals surface area contributed by atoms with Gasteiger partial charge in [-0.05, 0) is 49.8 Å². The third kappa shape index (κ3) is 9.47. The van der Waals surface area contributed by atoms with Crippen molar-refractivity contribution in [1.29, 1.82) is 0 Å². The average Bonchev–Trinajstić information content (AvgIpc) is 2.95. The molecule has 8 heteroatoms. The van der Waals surface area contributed by atoms with Crippen molar-refractivity contribution in [1.82, 2.24) is 4.90 Å². The van der Waals surface area contributed by atoms with Gasteiger partial charge in [-0.1, -0.05) is 42.5 Å². The fraction of sp³-hybridized carbons (Fsp3) is 0.500. The van der Waals surface area contributed by atoms with Gasteiger partial charge in [-0.3, -0.25) is 9.69 Å². The van der Waals surface area contributed by atoms with Crippen molar-refractivity contribution in [2.24, 2.45) is 0 Å². The van der Waals surface area contributed by atoms with Crippen LogP contribution in [-0.4, -0.2) is 73.4 Å². The highest BCUT2D eigenvalue weighted by atomic mass is 16.5. The lowest BCUT2D eigenvalue weighted by Crippen LogP contribution is -2.42. The van der Waals surface area contributed by atoms with E-state index in [0.29, 0.717) is 81.1 Å². The van der Waals surface area contributed by atoms with Crippen LogP contribution in [0.3, 0.4) is 0 Å². The first-order valence-corrected chi connectivity index (χ1v) is 14.3. The molecule has 216 valence electrons. The van der Waals surface area contributed by atoms with Gasteiger partial charge in [-0.2, -0.15) is 0 Å². The van der Waals surface area contributed by atoms with Crippen molar-refractivity contribution in [2.45, 2.75) is 64.3 Å². The Morgan fingerprint density at radius 3 is 2.62 bits per heavy atom. The zero-order valence-corrected chi connectivity index (χ0v) is 23.4. The van der Waals surface area contributed by atoms with E-state index < -0.39 is 12.1 Å². The largest absolute Gasteiger partial charge is 0.490 e. The summed E-state index contributed by atoms with van der Waals surface area (Å²) >= 11 is 0. The second-order valence-corrected chi connectivity index (χ2v) is 10.5. The minimum Gasteiger partial charge on any atom is -0.490 e. The van der Waals surface area contributed by atoms with Crippen molar-refractivity contribution >= 4 is 17.8 Å². The first-order chi connectivity index (χ1) is 19.5. The van der Waals surface area contributed by atoms with Gasteiger partial charge in [0.2, 0.25) is 0 Å². The predicted molar refractivity (Wildman–Crippen MR) is 153 cm³/mol. The van der Waals surface area contributed by atoms with E-state index >= 15 is 0 Å². The highest BCUT2D eigenvalue weighted by molar-refractivity contribution is 5.97. The third-order valence-electron chi connectivity index (χ3n) is 7.06. The van der Waals surface area contributed by atoms with Gasteiger partial charge in [0.15, 0.2) is 0 Å². The lowest BCUT2D eigenvalue weighted by Gasteiger charge is -2.28. The number of carbonyl (C=O) groups excluding carboxylic acids is 2. The molecule has 2 heterocycles. The summed E-state index contributed by atoms with van der Waals surface area (Å²) in [5, 5.41) is 10.7. The fourth-order valence-corrected chi connectivity index (χ4v) is 4.86. The molecule has 0 radical (unpaired) electrons. The number of cyclic esters (lactones) is 1. The first-order valence-electron chi connectivity index (χ1n) is 14.3. The maximum atomic E-state index is 13.5. The van der Waals surface area contributed by atoms with Crippen LogP contribution in [0.1, 0.15) is 66.9 Å². The minimum atomic E-state index is -0.746. The highest BCUT2D eigenvalue weighted by Crippen LogP contribution is 2.32. The zero-order chi connectivity index (χ0) is 28.2. The number of benzene rings is 2. The van der Waals surface area contributed by atoms with Crippen molar-refractivity contribution in [2.75, 3.05) is 39.5 Å². The number of Topliss-reactive ketones (excluding diaryl/α,β-unsaturated/α-hetero) is 1. The van der Waals surface area contributed by atoms with Crippen LogP contribution in [0.4, 0.5) is 0 Å². The second-order valence-electron chi connectivity index (χ2n) is 10.5. The number of nitrogens with zero attached hydrogens (tertiary/aromatic N) is 1. The molecule has 0 bridgehead atoms. The van der Waals surface area contributed by atoms with Crippen molar-refractivity contribution in [3.63, 3.8) is 0 Å². The van der Waals surface area contributed by atoms with E-state index in [1.807, 2.05) is 55.5 Å². The number of hydrogen-bond donors (Lipinski definition) is 1. The molecule has 1 N–H and O–H groups in total. The summed E-state index contributed by atoms with van der Waals surface area (Å²) in [5.74, 6) is 0.600. The maximum absolute atomic E-state index is 13.5. The molecule has 0 unspecified atom stereocenters. The number of rotatable bonds is 8. The summed E-state index contributed by atoms with van der Waals surface area (Å²) < 4.78 is 23.4. The van der Waals surface area contributed by atoms with Crippen molar-refractivity contribution < 1.29 is 33.6 Å². The molecule has 2 aromatic carbocycles. The van der Waals surface area contributed by atoms with Crippen LogP contribution in [0.5, 0.6) is 11.5 Å². The van der Waals surface area contributed by atoms with E-state index in [2.05, 4.69) is 4.90 Å². The Hall–Kier alpha value is -3.20. The van der Waals surface area contributed by atoms with Gasteiger partial charge in [0.05, 0.1) is 19.3 Å². The monoisotopic (exact) mass is 551 g/mol. The van der Waals surface area contributed by atoms with Crippen LogP contribution >= 0.6 is 0 Å². The number of β-amino-alcohol motifs (C(OH)–C–C–N with tert-alkyl or cyclic N) is 1. The molecule has 2 aliphatic heterocycles. The van der Waals surface area contributed by atoms with Crippen LogP contribution in [0, 0.1) is 0 Å². The summed E-state index contributed by atoms with van der Waals surface area (Å²) in [4.78, 5) is 27.8. The lowest BCUT2D eigenvalue weighted by molar-refractivity contribution is -0.119. The molecular weight excluding hydrogens is 510 g/mol. The normalized spacial score (nSPS) is 20.2. The molecule has 2 atom stereocenters. The first kappa shape index (κ1) is 29.8. The van der Waals surface area contributed by atoms with Gasteiger partial charge >= 0.3 is 5.97 Å². The third-order valence-corrected chi connectivity index (χ3v) is 7.06. The van der Waals surface area contributed by atoms with Gasteiger partial charge in [0.25, 0.3) is 0 Å².